The van der Waals surface area contributed by atoms with E-state index in [9.17, 15) is 13.6 Å². The number of likely N-dealkylation sites (tertiary alicyclic amines) is 1. The number of rotatable bonds is 11. The minimum Gasteiger partial charge on any atom is -0.493 e. The molecule has 1 amide bonds. The molecule has 1 heterocycles. The zero-order chi connectivity index (χ0) is 25.9. The lowest BCUT2D eigenvalue weighted by atomic mass is 9.97. The Balaban J connectivity index is 1.16. The van der Waals surface area contributed by atoms with Crippen LogP contribution in [0.1, 0.15) is 79.8 Å². The summed E-state index contributed by atoms with van der Waals surface area (Å²) in [5.41, 5.74) is 3.03. The van der Waals surface area contributed by atoms with Crippen molar-refractivity contribution in [1.82, 2.24) is 9.62 Å². The molecule has 200 valence electrons. The van der Waals surface area contributed by atoms with E-state index in [0.717, 1.165) is 68.4 Å². The maximum absolute atomic E-state index is 14.9. The highest BCUT2D eigenvalue weighted by atomic mass is 32.2. The highest BCUT2D eigenvalue weighted by Crippen LogP contribution is 2.45. The Morgan fingerprint density at radius 1 is 1.08 bits per heavy atom. The molecule has 1 aliphatic heterocycles. The van der Waals surface area contributed by atoms with Gasteiger partial charge in [0.15, 0.2) is 0 Å². The van der Waals surface area contributed by atoms with Gasteiger partial charge in [-0.05, 0) is 125 Å². The number of halogens is 2. The Kier molecular flexibility index (Phi) is 8.24. The number of amides is 1. The number of hydrogen-bond donors (Lipinski definition) is 2. The van der Waals surface area contributed by atoms with E-state index in [2.05, 4.69) is 28.8 Å². The average molecular weight is 530 g/mol. The second kappa shape index (κ2) is 11.6. The Hall–Kier alpha value is -2.32. The summed E-state index contributed by atoms with van der Waals surface area (Å²) in [7, 11) is 0. The monoisotopic (exact) mass is 529 g/mol. The van der Waals surface area contributed by atoms with Gasteiger partial charge in [0, 0.05) is 29.6 Å². The third kappa shape index (κ3) is 7.17. The molecule has 2 aromatic carbocycles. The molecule has 0 spiro atoms. The SMILES string of the molecule is CC(C)Nc1ccc(F)cc1CN1CCC(COc2cc(F)c(C(=O)NSC3CC3)cc2C2CC2)CC1. The molecule has 0 unspecified atom stereocenters. The molecule has 0 atom stereocenters. The number of carbonyl (C=O) groups is 1. The third-order valence-corrected chi connectivity index (χ3v) is 8.40. The first-order valence-corrected chi connectivity index (χ1v) is 14.4. The van der Waals surface area contributed by atoms with Crippen LogP contribution in [-0.4, -0.2) is 41.8 Å². The van der Waals surface area contributed by atoms with Crippen molar-refractivity contribution in [3.8, 4) is 5.75 Å². The molecule has 2 aliphatic carbocycles. The predicted molar refractivity (Wildman–Crippen MR) is 145 cm³/mol. The fourth-order valence-corrected chi connectivity index (χ4v) is 5.62. The van der Waals surface area contributed by atoms with E-state index in [-0.39, 0.29) is 23.3 Å². The summed E-state index contributed by atoms with van der Waals surface area (Å²) >= 11 is 1.40. The summed E-state index contributed by atoms with van der Waals surface area (Å²) in [5.74, 6) is 0.212. The van der Waals surface area contributed by atoms with E-state index in [1.165, 1.54) is 24.1 Å². The number of benzene rings is 2. The van der Waals surface area contributed by atoms with Crippen LogP contribution in [0, 0.1) is 17.6 Å². The van der Waals surface area contributed by atoms with Crippen molar-refractivity contribution in [2.45, 2.75) is 76.1 Å². The summed E-state index contributed by atoms with van der Waals surface area (Å²) in [6.07, 6.45) is 6.25. The van der Waals surface area contributed by atoms with Crippen LogP contribution in [0.2, 0.25) is 0 Å². The molecule has 0 radical (unpaired) electrons. The van der Waals surface area contributed by atoms with Gasteiger partial charge in [0.1, 0.15) is 17.4 Å². The molecular weight excluding hydrogens is 492 g/mol. The minimum atomic E-state index is -0.524. The molecular formula is C29H37F2N3O2S. The zero-order valence-electron chi connectivity index (χ0n) is 21.7. The first-order chi connectivity index (χ1) is 17.9. The van der Waals surface area contributed by atoms with Crippen LogP contribution in [0.15, 0.2) is 30.3 Å². The molecule has 0 bridgehead atoms. The Bertz CT molecular complexity index is 1110. The van der Waals surface area contributed by atoms with Gasteiger partial charge in [-0.15, -0.1) is 0 Å². The van der Waals surface area contributed by atoms with Crippen LogP contribution in [-0.2, 0) is 6.54 Å². The lowest BCUT2D eigenvalue weighted by molar-refractivity contribution is 0.0980. The molecule has 2 aromatic rings. The quantitative estimate of drug-likeness (QED) is 0.326. The van der Waals surface area contributed by atoms with E-state index in [0.29, 0.717) is 36.0 Å². The van der Waals surface area contributed by atoms with Gasteiger partial charge < -0.3 is 10.1 Å². The summed E-state index contributed by atoms with van der Waals surface area (Å²) < 4.78 is 37.8. The average Bonchev–Trinajstić information content (AvgIpc) is 3.78. The highest BCUT2D eigenvalue weighted by Gasteiger charge is 2.31. The number of ether oxygens (including phenoxy) is 1. The van der Waals surface area contributed by atoms with E-state index >= 15 is 0 Å². The van der Waals surface area contributed by atoms with Crippen molar-refractivity contribution in [3.63, 3.8) is 0 Å². The van der Waals surface area contributed by atoms with Crippen LogP contribution >= 0.6 is 11.9 Å². The second-order valence-electron chi connectivity index (χ2n) is 11.0. The van der Waals surface area contributed by atoms with E-state index < -0.39 is 5.82 Å². The second-order valence-corrected chi connectivity index (χ2v) is 12.1. The first kappa shape index (κ1) is 26.3. The van der Waals surface area contributed by atoms with Crippen molar-refractivity contribution >= 4 is 23.5 Å². The topological polar surface area (TPSA) is 53.6 Å². The van der Waals surface area contributed by atoms with Crippen LogP contribution in [0.4, 0.5) is 14.5 Å². The van der Waals surface area contributed by atoms with Gasteiger partial charge in [-0.25, -0.2) is 8.78 Å². The summed E-state index contributed by atoms with van der Waals surface area (Å²) in [6.45, 7) is 7.22. The fraction of sp³-hybridized carbons (Fsp3) is 0.552. The number of carbonyl (C=O) groups excluding carboxylic acids is 1. The molecule has 2 N–H and O–H groups in total. The molecule has 3 fully saturated rings. The number of piperidine rings is 1. The van der Waals surface area contributed by atoms with Gasteiger partial charge in [-0.1, -0.05) is 0 Å². The largest absolute Gasteiger partial charge is 0.493 e. The van der Waals surface area contributed by atoms with Crippen molar-refractivity contribution in [2.24, 2.45) is 5.92 Å². The highest BCUT2D eigenvalue weighted by molar-refractivity contribution is 7.98. The number of hydrogen-bond acceptors (Lipinski definition) is 5. The van der Waals surface area contributed by atoms with Gasteiger partial charge >= 0.3 is 0 Å². The Morgan fingerprint density at radius 2 is 1.84 bits per heavy atom. The Morgan fingerprint density at radius 3 is 2.51 bits per heavy atom. The molecule has 37 heavy (non-hydrogen) atoms. The molecule has 8 heteroatoms. The predicted octanol–water partition coefficient (Wildman–Crippen LogP) is 6.49. The lowest BCUT2D eigenvalue weighted by Crippen LogP contribution is -2.35. The van der Waals surface area contributed by atoms with E-state index in [4.69, 9.17) is 4.74 Å². The van der Waals surface area contributed by atoms with Gasteiger partial charge in [0.05, 0.1) is 12.2 Å². The van der Waals surface area contributed by atoms with Crippen molar-refractivity contribution in [3.05, 3.63) is 58.7 Å². The van der Waals surface area contributed by atoms with Crippen molar-refractivity contribution < 1.29 is 18.3 Å². The molecule has 1 saturated heterocycles. The van der Waals surface area contributed by atoms with Crippen LogP contribution in [0.3, 0.4) is 0 Å². The summed E-state index contributed by atoms with van der Waals surface area (Å²) in [4.78, 5) is 14.9. The molecule has 0 aromatic heterocycles. The molecule has 2 saturated carbocycles. The fourth-order valence-electron chi connectivity index (χ4n) is 4.87. The van der Waals surface area contributed by atoms with Gasteiger partial charge in [-0.3, -0.25) is 14.4 Å². The standard InChI is InChI=1S/C29H37F2N3O2S/c1-18(2)32-27-8-5-22(30)13-21(27)16-34-11-9-19(10-12-34)17-36-28-15-26(31)25(14-24(28)20-3-4-20)29(35)33-37-23-6-7-23/h5,8,13-15,18-20,23,32H,3-4,6-7,9-12,16-17H2,1-2H3,(H,33,35). The third-order valence-electron chi connectivity index (χ3n) is 7.29. The number of nitrogens with one attached hydrogen (secondary N) is 2. The zero-order valence-corrected chi connectivity index (χ0v) is 22.5. The molecule has 5 nitrogen and oxygen atoms in total. The van der Waals surface area contributed by atoms with Crippen molar-refractivity contribution in [1.29, 1.82) is 0 Å². The number of nitrogens with zero attached hydrogens (tertiary/aromatic N) is 1. The van der Waals surface area contributed by atoms with Gasteiger partial charge in [0.25, 0.3) is 5.91 Å². The van der Waals surface area contributed by atoms with Crippen LogP contribution in [0.25, 0.3) is 0 Å². The van der Waals surface area contributed by atoms with E-state index in [1.807, 2.05) is 6.07 Å². The maximum Gasteiger partial charge on any atom is 0.264 e. The van der Waals surface area contributed by atoms with Crippen LogP contribution in [0.5, 0.6) is 5.75 Å². The normalized spacial score (nSPS) is 18.7. The lowest BCUT2D eigenvalue weighted by Gasteiger charge is -2.32. The molecule has 3 aliphatic rings. The van der Waals surface area contributed by atoms with Gasteiger partial charge in [0.2, 0.25) is 0 Å². The van der Waals surface area contributed by atoms with Gasteiger partial charge in [-0.2, -0.15) is 0 Å². The Labute approximate surface area is 222 Å². The molecule has 5 rings (SSSR count). The smallest absolute Gasteiger partial charge is 0.264 e. The maximum atomic E-state index is 14.9. The number of anilines is 1. The van der Waals surface area contributed by atoms with E-state index in [1.54, 1.807) is 12.1 Å². The summed E-state index contributed by atoms with van der Waals surface area (Å²) in [6, 6.07) is 8.35. The first-order valence-electron chi connectivity index (χ1n) is 13.5. The summed E-state index contributed by atoms with van der Waals surface area (Å²) in [5, 5.41) is 3.89. The van der Waals surface area contributed by atoms with Crippen LogP contribution < -0.4 is 14.8 Å². The van der Waals surface area contributed by atoms with Crippen molar-refractivity contribution in [2.75, 3.05) is 25.0 Å². The minimum absolute atomic E-state index is 0.111.